The Hall–Kier alpha value is -0.160. The standard InChI is InChI=1S/C15H28N2O2/c1-2-6-16-15(12-5-7-18-11-12)10-17-8-13-3-4-14(9-17)19-13/h12-16H,2-11H2,1H3. The molecule has 110 valence electrons. The smallest absolute Gasteiger partial charge is 0.0707 e. The average molecular weight is 268 g/mol. The summed E-state index contributed by atoms with van der Waals surface area (Å²) in [6.07, 6.45) is 5.97. The van der Waals surface area contributed by atoms with E-state index in [9.17, 15) is 0 Å². The minimum Gasteiger partial charge on any atom is -0.381 e. The molecule has 4 heteroatoms. The number of nitrogens with one attached hydrogen (secondary N) is 1. The molecular formula is C15H28N2O2. The van der Waals surface area contributed by atoms with Crippen molar-refractivity contribution in [2.75, 3.05) is 39.4 Å². The summed E-state index contributed by atoms with van der Waals surface area (Å²) in [5.41, 5.74) is 0. The predicted octanol–water partition coefficient (Wildman–Crippen LogP) is 1.25. The highest BCUT2D eigenvalue weighted by Crippen LogP contribution is 2.27. The van der Waals surface area contributed by atoms with Gasteiger partial charge in [-0.2, -0.15) is 0 Å². The maximum absolute atomic E-state index is 5.93. The molecule has 1 N–H and O–H groups in total. The van der Waals surface area contributed by atoms with Crippen molar-refractivity contribution >= 4 is 0 Å². The minimum atomic E-state index is 0.505. The highest BCUT2D eigenvalue weighted by molar-refractivity contribution is 4.89. The third kappa shape index (κ3) is 3.48. The number of rotatable bonds is 6. The van der Waals surface area contributed by atoms with Gasteiger partial charge in [0.2, 0.25) is 0 Å². The number of fused-ring (bicyclic) bond motifs is 2. The Bertz CT molecular complexity index is 269. The van der Waals surface area contributed by atoms with Crippen LogP contribution in [-0.4, -0.2) is 62.5 Å². The van der Waals surface area contributed by atoms with E-state index < -0.39 is 0 Å². The molecule has 0 radical (unpaired) electrons. The number of hydrogen-bond donors (Lipinski definition) is 1. The monoisotopic (exact) mass is 268 g/mol. The number of nitrogens with zero attached hydrogens (tertiary/aromatic N) is 1. The zero-order valence-corrected chi connectivity index (χ0v) is 12.1. The summed E-state index contributed by atoms with van der Waals surface area (Å²) in [4.78, 5) is 2.62. The summed E-state index contributed by atoms with van der Waals surface area (Å²) in [7, 11) is 0. The molecule has 3 aliphatic heterocycles. The Morgan fingerprint density at radius 2 is 2.00 bits per heavy atom. The minimum absolute atomic E-state index is 0.505. The zero-order valence-electron chi connectivity index (χ0n) is 12.1. The van der Waals surface area contributed by atoms with E-state index in [1.54, 1.807) is 0 Å². The number of ether oxygens (including phenoxy) is 2. The van der Waals surface area contributed by atoms with Gasteiger partial charge in [0.1, 0.15) is 0 Å². The van der Waals surface area contributed by atoms with Crippen LogP contribution in [-0.2, 0) is 9.47 Å². The molecule has 3 fully saturated rings. The van der Waals surface area contributed by atoms with Crippen molar-refractivity contribution in [2.24, 2.45) is 5.92 Å². The quantitative estimate of drug-likeness (QED) is 0.786. The van der Waals surface area contributed by atoms with Crippen LogP contribution in [0.1, 0.15) is 32.6 Å². The molecule has 0 aromatic carbocycles. The van der Waals surface area contributed by atoms with E-state index in [0.29, 0.717) is 24.2 Å². The molecule has 2 bridgehead atoms. The molecular weight excluding hydrogens is 240 g/mol. The molecule has 3 heterocycles. The lowest BCUT2D eigenvalue weighted by Gasteiger charge is -2.36. The van der Waals surface area contributed by atoms with Gasteiger partial charge in [-0.1, -0.05) is 6.92 Å². The largest absolute Gasteiger partial charge is 0.381 e. The molecule has 4 atom stereocenters. The van der Waals surface area contributed by atoms with E-state index in [1.165, 1.54) is 32.2 Å². The molecule has 0 saturated carbocycles. The first kappa shape index (κ1) is 13.8. The third-order valence-corrected chi connectivity index (χ3v) is 4.76. The lowest BCUT2D eigenvalue weighted by Crippen LogP contribution is -2.51. The van der Waals surface area contributed by atoms with Crippen molar-refractivity contribution in [1.82, 2.24) is 10.2 Å². The highest BCUT2D eigenvalue weighted by atomic mass is 16.5. The van der Waals surface area contributed by atoms with Gasteiger partial charge >= 0.3 is 0 Å². The van der Waals surface area contributed by atoms with Gasteiger partial charge in [-0.25, -0.2) is 0 Å². The lowest BCUT2D eigenvalue weighted by atomic mass is 9.98. The summed E-state index contributed by atoms with van der Waals surface area (Å²) < 4.78 is 11.5. The van der Waals surface area contributed by atoms with Gasteiger partial charge in [0.15, 0.2) is 0 Å². The molecule has 4 unspecified atom stereocenters. The van der Waals surface area contributed by atoms with E-state index in [0.717, 1.165) is 32.8 Å². The highest BCUT2D eigenvalue weighted by Gasteiger charge is 2.35. The molecule has 0 aliphatic carbocycles. The van der Waals surface area contributed by atoms with Crippen LogP contribution in [0.15, 0.2) is 0 Å². The SMILES string of the molecule is CCCNC(CN1CC2CCC(C1)O2)C1CCOC1. The van der Waals surface area contributed by atoms with Crippen LogP contribution in [0.2, 0.25) is 0 Å². The van der Waals surface area contributed by atoms with Crippen LogP contribution >= 0.6 is 0 Å². The van der Waals surface area contributed by atoms with E-state index in [2.05, 4.69) is 17.1 Å². The van der Waals surface area contributed by atoms with Crippen molar-refractivity contribution in [3.8, 4) is 0 Å². The van der Waals surface area contributed by atoms with Crippen LogP contribution < -0.4 is 5.32 Å². The summed E-state index contributed by atoms with van der Waals surface area (Å²) in [6.45, 7) is 8.69. The Morgan fingerprint density at radius 3 is 2.63 bits per heavy atom. The second-order valence-electron chi connectivity index (χ2n) is 6.36. The fraction of sp³-hybridized carbons (Fsp3) is 1.00. The van der Waals surface area contributed by atoms with E-state index in [-0.39, 0.29) is 0 Å². The number of morpholine rings is 1. The van der Waals surface area contributed by atoms with Crippen LogP contribution in [0, 0.1) is 5.92 Å². The van der Waals surface area contributed by atoms with Crippen LogP contribution in [0.3, 0.4) is 0 Å². The van der Waals surface area contributed by atoms with Crippen molar-refractivity contribution < 1.29 is 9.47 Å². The first-order valence-electron chi connectivity index (χ1n) is 8.04. The maximum Gasteiger partial charge on any atom is 0.0707 e. The third-order valence-electron chi connectivity index (χ3n) is 4.76. The normalized spacial score (nSPS) is 36.8. The Morgan fingerprint density at radius 1 is 1.21 bits per heavy atom. The summed E-state index contributed by atoms with van der Waals surface area (Å²) in [5.74, 6) is 0.701. The molecule has 3 saturated heterocycles. The maximum atomic E-state index is 5.93. The van der Waals surface area contributed by atoms with Crippen molar-refractivity contribution in [2.45, 2.75) is 50.9 Å². The van der Waals surface area contributed by atoms with E-state index in [4.69, 9.17) is 9.47 Å². The van der Waals surface area contributed by atoms with Gasteiger partial charge in [0.05, 0.1) is 18.8 Å². The van der Waals surface area contributed by atoms with Crippen molar-refractivity contribution in [3.63, 3.8) is 0 Å². The fourth-order valence-corrected chi connectivity index (χ4v) is 3.71. The Labute approximate surface area is 116 Å². The topological polar surface area (TPSA) is 33.7 Å². The van der Waals surface area contributed by atoms with E-state index >= 15 is 0 Å². The van der Waals surface area contributed by atoms with Crippen LogP contribution in [0.5, 0.6) is 0 Å². The van der Waals surface area contributed by atoms with Gasteiger partial charge in [0.25, 0.3) is 0 Å². The summed E-state index contributed by atoms with van der Waals surface area (Å²) in [5, 5.41) is 3.75. The van der Waals surface area contributed by atoms with Gasteiger partial charge in [0, 0.05) is 38.2 Å². The molecule has 0 spiro atoms. The van der Waals surface area contributed by atoms with E-state index in [1.807, 2.05) is 0 Å². The predicted molar refractivity (Wildman–Crippen MR) is 75.3 cm³/mol. The zero-order chi connectivity index (χ0) is 13.1. The summed E-state index contributed by atoms with van der Waals surface area (Å²) in [6, 6.07) is 0.597. The van der Waals surface area contributed by atoms with Gasteiger partial charge < -0.3 is 14.8 Å². The lowest BCUT2D eigenvalue weighted by molar-refractivity contribution is -0.0424. The van der Waals surface area contributed by atoms with Crippen LogP contribution in [0.25, 0.3) is 0 Å². The number of hydrogen-bond acceptors (Lipinski definition) is 4. The fourth-order valence-electron chi connectivity index (χ4n) is 3.71. The molecule has 3 rings (SSSR count). The van der Waals surface area contributed by atoms with Crippen molar-refractivity contribution in [3.05, 3.63) is 0 Å². The van der Waals surface area contributed by atoms with Gasteiger partial charge in [-0.15, -0.1) is 0 Å². The van der Waals surface area contributed by atoms with Crippen molar-refractivity contribution in [1.29, 1.82) is 0 Å². The first-order chi connectivity index (χ1) is 9.35. The second kappa shape index (κ2) is 6.53. The second-order valence-corrected chi connectivity index (χ2v) is 6.36. The molecule has 0 aromatic heterocycles. The van der Waals surface area contributed by atoms with Crippen LogP contribution in [0.4, 0.5) is 0 Å². The van der Waals surface area contributed by atoms with Gasteiger partial charge in [-0.05, 0) is 32.2 Å². The Kier molecular flexibility index (Phi) is 4.74. The van der Waals surface area contributed by atoms with Gasteiger partial charge in [-0.3, -0.25) is 4.90 Å². The average Bonchev–Trinajstić information content (AvgIpc) is 3.05. The molecule has 0 amide bonds. The molecule has 19 heavy (non-hydrogen) atoms. The molecule has 0 aromatic rings. The Balaban J connectivity index is 1.53. The molecule has 3 aliphatic rings. The molecule has 4 nitrogen and oxygen atoms in total. The first-order valence-corrected chi connectivity index (χ1v) is 8.04. The number of likely N-dealkylation sites (tertiary alicyclic amines) is 1. The summed E-state index contributed by atoms with van der Waals surface area (Å²) >= 11 is 0.